The van der Waals surface area contributed by atoms with Crippen LogP contribution in [0.15, 0.2) is 42.5 Å². The second kappa shape index (κ2) is 6.50. The normalized spacial score (nSPS) is 29.6. The Kier molecular flexibility index (Phi) is 4.34. The first-order valence-corrected chi connectivity index (χ1v) is 9.21. The highest BCUT2D eigenvalue weighted by molar-refractivity contribution is 5.22. The second-order valence-corrected chi connectivity index (χ2v) is 7.62. The van der Waals surface area contributed by atoms with Gasteiger partial charge < -0.3 is 5.11 Å². The molecule has 2 aliphatic rings. The smallest absolute Gasteiger partial charge is 0.147 e. The van der Waals surface area contributed by atoms with Gasteiger partial charge in [0.2, 0.25) is 0 Å². The average Bonchev–Trinajstić information content (AvgIpc) is 2.59. The van der Waals surface area contributed by atoms with Crippen LogP contribution in [0.5, 0.6) is 0 Å². The molecule has 0 saturated carbocycles. The highest BCUT2D eigenvalue weighted by atomic mass is 19.1. The van der Waals surface area contributed by atoms with Gasteiger partial charge in [0.05, 0.1) is 0 Å². The molecule has 1 N–H and O–H groups in total. The van der Waals surface area contributed by atoms with Gasteiger partial charge in [0.25, 0.3) is 0 Å². The lowest BCUT2D eigenvalue weighted by atomic mass is 9.73. The van der Waals surface area contributed by atoms with Crippen LogP contribution in [0.1, 0.15) is 49.1 Å². The van der Waals surface area contributed by atoms with E-state index < -0.39 is 5.60 Å². The number of halogens is 1. The Morgan fingerprint density at radius 2 is 1.80 bits per heavy atom. The van der Waals surface area contributed by atoms with E-state index in [0.717, 1.165) is 25.1 Å². The fourth-order valence-corrected chi connectivity index (χ4v) is 4.63. The number of rotatable bonds is 3. The van der Waals surface area contributed by atoms with Gasteiger partial charge in [-0.3, -0.25) is 9.88 Å². The predicted octanol–water partition coefficient (Wildman–Crippen LogP) is 3.93. The van der Waals surface area contributed by atoms with E-state index in [0.29, 0.717) is 12.8 Å². The SMILES string of the molecule is Cc1ccc(F)c(C2(O)CC3CCCC(C2)N3Cc2ccccc2)n1. The van der Waals surface area contributed by atoms with Crippen molar-refractivity contribution in [3.8, 4) is 0 Å². The number of aliphatic hydroxyl groups is 1. The summed E-state index contributed by atoms with van der Waals surface area (Å²) in [6, 6.07) is 14.1. The number of aromatic nitrogens is 1. The second-order valence-electron chi connectivity index (χ2n) is 7.62. The van der Waals surface area contributed by atoms with Gasteiger partial charge in [-0.2, -0.15) is 0 Å². The van der Waals surface area contributed by atoms with Gasteiger partial charge in [-0.1, -0.05) is 36.8 Å². The summed E-state index contributed by atoms with van der Waals surface area (Å²) in [7, 11) is 0. The van der Waals surface area contributed by atoms with Crippen LogP contribution in [0.3, 0.4) is 0 Å². The molecule has 0 aliphatic carbocycles. The summed E-state index contributed by atoms with van der Waals surface area (Å²) in [6.07, 6.45) is 4.41. The van der Waals surface area contributed by atoms with Gasteiger partial charge in [0, 0.05) is 24.3 Å². The quantitative estimate of drug-likeness (QED) is 0.919. The summed E-state index contributed by atoms with van der Waals surface area (Å²) in [4.78, 5) is 6.88. The Bertz CT molecular complexity index is 735. The zero-order chi connectivity index (χ0) is 17.4. The van der Waals surface area contributed by atoms with E-state index in [1.807, 2.05) is 13.0 Å². The van der Waals surface area contributed by atoms with Crippen LogP contribution in [-0.4, -0.2) is 27.1 Å². The number of piperidine rings is 2. The third-order valence-electron chi connectivity index (χ3n) is 5.79. The molecule has 0 spiro atoms. The van der Waals surface area contributed by atoms with Gasteiger partial charge in [0.15, 0.2) is 0 Å². The molecule has 1 aromatic heterocycles. The predicted molar refractivity (Wildman–Crippen MR) is 95.5 cm³/mol. The van der Waals surface area contributed by atoms with Crippen LogP contribution in [0.2, 0.25) is 0 Å². The van der Waals surface area contributed by atoms with E-state index in [4.69, 9.17) is 0 Å². The summed E-state index contributed by atoms with van der Waals surface area (Å²) in [5, 5.41) is 11.3. The number of nitrogens with zero attached hydrogens (tertiary/aromatic N) is 2. The minimum Gasteiger partial charge on any atom is -0.383 e. The molecule has 25 heavy (non-hydrogen) atoms. The van der Waals surface area contributed by atoms with Crippen molar-refractivity contribution in [2.75, 3.05) is 0 Å². The van der Waals surface area contributed by atoms with E-state index in [9.17, 15) is 9.50 Å². The van der Waals surface area contributed by atoms with Gasteiger partial charge in [-0.05, 0) is 50.3 Å². The maximum Gasteiger partial charge on any atom is 0.147 e. The van der Waals surface area contributed by atoms with Crippen molar-refractivity contribution in [3.63, 3.8) is 0 Å². The van der Waals surface area contributed by atoms with Crippen LogP contribution < -0.4 is 0 Å². The van der Waals surface area contributed by atoms with Gasteiger partial charge in [-0.25, -0.2) is 4.39 Å². The number of hydrogen-bond donors (Lipinski definition) is 1. The van der Waals surface area contributed by atoms with Crippen molar-refractivity contribution in [3.05, 3.63) is 65.2 Å². The van der Waals surface area contributed by atoms with Crippen LogP contribution >= 0.6 is 0 Å². The Balaban J connectivity index is 1.61. The molecule has 4 rings (SSSR count). The molecule has 0 amide bonds. The van der Waals surface area contributed by atoms with Crippen molar-refractivity contribution in [1.29, 1.82) is 0 Å². The molecule has 2 atom stereocenters. The Labute approximate surface area is 148 Å². The topological polar surface area (TPSA) is 36.4 Å². The molecule has 2 fully saturated rings. The van der Waals surface area contributed by atoms with Crippen molar-refractivity contribution in [2.24, 2.45) is 0 Å². The standard InChI is InChI=1S/C21H25FN2O/c1-15-10-11-19(22)20(23-15)21(25)12-17-8-5-9-18(13-21)24(17)14-16-6-3-2-4-7-16/h2-4,6-7,10-11,17-18,25H,5,8-9,12-14H2,1H3. The lowest BCUT2D eigenvalue weighted by Crippen LogP contribution is -2.56. The molecule has 132 valence electrons. The first-order chi connectivity index (χ1) is 12.0. The van der Waals surface area contributed by atoms with E-state index in [1.54, 1.807) is 6.07 Å². The molecular weight excluding hydrogens is 315 g/mol. The summed E-state index contributed by atoms with van der Waals surface area (Å²) >= 11 is 0. The molecular formula is C21H25FN2O. The van der Waals surface area contributed by atoms with Crippen LogP contribution in [0.25, 0.3) is 0 Å². The summed E-state index contributed by atoms with van der Waals surface area (Å²) < 4.78 is 14.4. The third kappa shape index (κ3) is 3.21. The van der Waals surface area contributed by atoms with Crippen LogP contribution in [0, 0.1) is 12.7 Å². The average molecular weight is 340 g/mol. The molecule has 2 bridgehead atoms. The van der Waals surface area contributed by atoms with Gasteiger partial charge in [0.1, 0.15) is 17.1 Å². The third-order valence-corrected chi connectivity index (χ3v) is 5.79. The van der Waals surface area contributed by atoms with Crippen molar-refractivity contribution in [1.82, 2.24) is 9.88 Å². The van der Waals surface area contributed by atoms with Gasteiger partial charge >= 0.3 is 0 Å². The van der Waals surface area contributed by atoms with Crippen molar-refractivity contribution >= 4 is 0 Å². The maximum absolute atomic E-state index is 14.4. The molecule has 1 aromatic carbocycles. The van der Waals surface area contributed by atoms with E-state index in [2.05, 4.69) is 34.1 Å². The fourth-order valence-electron chi connectivity index (χ4n) is 4.63. The fraction of sp³-hybridized carbons (Fsp3) is 0.476. The molecule has 4 heteroatoms. The highest BCUT2D eigenvalue weighted by Crippen LogP contribution is 2.44. The highest BCUT2D eigenvalue weighted by Gasteiger charge is 2.48. The first kappa shape index (κ1) is 16.7. The molecule has 0 radical (unpaired) electrons. The summed E-state index contributed by atoms with van der Waals surface area (Å²) in [6.45, 7) is 2.74. The number of aryl methyl sites for hydroxylation is 1. The van der Waals surface area contributed by atoms with E-state index >= 15 is 0 Å². The zero-order valence-electron chi connectivity index (χ0n) is 14.7. The summed E-state index contributed by atoms with van der Waals surface area (Å²) in [5.41, 5.74) is 1.13. The monoisotopic (exact) mass is 340 g/mol. The molecule has 2 aromatic rings. The molecule has 2 saturated heterocycles. The zero-order valence-corrected chi connectivity index (χ0v) is 14.7. The van der Waals surface area contributed by atoms with Crippen molar-refractivity contribution < 1.29 is 9.50 Å². The molecule has 3 nitrogen and oxygen atoms in total. The van der Waals surface area contributed by atoms with E-state index in [1.165, 1.54) is 18.1 Å². The van der Waals surface area contributed by atoms with Crippen molar-refractivity contribution in [2.45, 2.75) is 63.3 Å². The number of benzene rings is 1. The van der Waals surface area contributed by atoms with Crippen LogP contribution in [-0.2, 0) is 12.1 Å². The minimum absolute atomic E-state index is 0.240. The molecule has 2 aliphatic heterocycles. The van der Waals surface area contributed by atoms with Crippen LogP contribution in [0.4, 0.5) is 4.39 Å². The largest absolute Gasteiger partial charge is 0.383 e. The number of hydrogen-bond acceptors (Lipinski definition) is 3. The number of fused-ring (bicyclic) bond motifs is 2. The Hall–Kier alpha value is -1.78. The van der Waals surface area contributed by atoms with Gasteiger partial charge in [-0.15, -0.1) is 0 Å². The Morgan fingerprint density at radius 1 is 1.12 bits per heavy atom. The first-order valence-electron chi connectivity index (χ1n) is 9.21. The lowest BCUT2D eigenvalue weighted by Gasteiger charge is -2.52. The lowest BCUT2D eigenvalue weighted by molar-refractivity contribution is -0.104. The summed E-state index contributed by atoms with van der Waals surface area (Å²) in [5.74, 6) is -0.386. The molecule has 3 heterocycles. The maximum atomic E-state index is 14.4. The Morgan fingerprint density at radius 3 is 2.48 bits per heavy atom. The number of pyridine rings is 1. The van der Waals surface area contributed by atoms with E-state index in [-0.39, 0.29) is 23.6 Å². The minimum atomic E-state index is -1.15. The molecule has 2 unspecified atom stereocenters.